The lowest BCUT2D eigenvalue weighted by Crippen LogP contribution is -2.36. The summed E-state index contributed by atoms with van der Waals surface area (Å²) in [6.45, 7) is 0. The van der Waals surface area contributed by atoms with Gasteiger partial charge in [0, 0.05) is 11.6 Å². The second kappa shape index (κ2) is 5.88. The summed E-state index contributed by atoms with van der Waals surface area (Å²) in [6, 6.07) is 3.26. The minimum Gasteiger partial charge on any atom is -0.349 e. The second-order valence-corrected chi connectivity index (χ2v) is 6.53. The SMILES string of the molecule is NS(=O)(=O)c1cc(C(=O)NC2CCCCC2)ccc1F. The monoisotopic (exact) mass is 300 g/mol. The van der Waals surface area contributed by atoms with Crippen LogP contribution in [-0.4, -0.2) is 20.4 Å². The maximum absolute atomic E-state index is 13.4. The Morgan fingerprint density at radius 3 is 2.50 bits per heavy atom. The van der Waals surface area contributed by atoms with Crippen LogP contribution in [0.4, 0.5) is 4.39 Å². The highest BCUT2D eigenvalue weighted by molar-refractivity contribution is 7.89. The lowest BCUT2D eigenvalue weighted by Gasteiger charge is -2.22. The number of primary sulfonamides is 1. The molecule has 0 aliphatic heterocycles. The molecule has 1 amide bonds. The summed E-state index contributed by atoms with van der Waals surface area (Å²) in [6.07, 6.45) is 5.12. The van der Waals surface area contributed by atoms with Crippen LogP contribution in [0.5, 0.6) is 0 Å². The number of benzene rings is 1. The summed E-state index contributed by atoms with van der Waals surface area (Å²) in [5.74, 6) is -1.36. The van der Waals surface area contributed by atoms with E-state index in [4.69, 9.17) is 5.14 Å². The van der Waals surface area contributed by atoms with Crippen LogP contribution in [0.15, 0.2) is 23.1 Å². The molecule has 1 saturated carbocycles. The van der Waals surface area contributed by atoms with Gasteiger partial charge in [-0.25, -0.2) is 17.9 Å². The van der Waals surface area contributed by atoms with Crippen LogP contribution in [0, 0.1) is 5.82 Å². The molecule has 0 saturated heterocycles. The smallest absolute Gasteiger partial charge is 0.251 e. The average molecular weight is 300 g/mol. The predicted octanol–water partition coefficient (Wildman–Crippen LogP) is 1.54. The molecule has 1 fully saturated rings. The number of hydrogen-bond donors (Lipinski definition) is 2. The molecule has 5 nitrogen and oxygen atoms in total. The Morgan fingerprint density at radius 2 is 1.90 bits per heavy atom. The molecule has 20 heavy (non-hydrogen) atoms. The quantitative estimate of drug-likeness (QED) is 0.887. The summed E-state index contributed by atoms with van der Waals surface area (Å²) < 4.78 is 35.8. The third kappa shape index (κ3) is 3.55. The fraction of sp³-hybridized carbons (Fsp3) is 0.462. The highest BCUT2D eigenvalue weighted by Crippen LogP contribution is 2.19. The van der Waals surface area contributed by atoms with E-state index in [0.717, 1.165) is 37.8 Å². The van der Waals surface area contributed by atoms with Crippen molar-refractivity contribution in [1.29, 1.82) is 0 Å². The molecule has 7 heteroatoms. The standard InChI is InChI=1S/C13H17FN2O3S/c14-11-7-6-9(8-12(11)20(15,18)19)13(17)16-10-4-2-1-3-5-10/h6-8,10H,1-5H2,(H,16,17)(H2,15,18,19). The Kier molecular flexibility index (Phi) is 4.39. The Hall–Kier alpha value is -1.47. The van der Waals surface area contributed by atoms with Crippen LogP contribution in [0.2, 0.25) is 0 Å². The zero-order valence-electron chi connectivity index (χ0n) is 10.9. The summed E-state index contributed by atoms with van der Waals surface area (Å²) in [5, 5.41) is 7.75. The van der Waals surface area contributed by atoms with Gasteiger partial charge in [0.1, 0.15) is 10.7 Å². The van der Waals surface area contributed by atoms with Gasteiger partial charge in [0.15, 0.2) is 0 Å². The molecule has 0 radical (unpaired) electrons. The Morgan fingerprint density at radius 1 is 1.25 bits per heavy atom. The molecule has 1 aliphatic carbocycles. The molecule has 0 spiro atoms. The zero-order valence-corrected chi connectivity index (χ0v) is 11.7. The van der Waals surface area contributed by atoms with Gasteiger partial charge in [-0.2, -0.15) is 0 Å². The molecular formula is C13H17FN2O3S. The van der Waals surface area contributed by atoms with Crippen molar-refractivity contribution in [2.45, 2.75) is 43.0 Å². The first-order valence-corrected chi connectivity index (χ1v) is 8.06. The van der Waals surface area contributed by atoms with Crippen LogP contribution >= 0.6 is 0 Å². The Balaban J connectivity index is 2.18. The summed E-state index contributed by atoms with van der Waals surface area (Å²) in [5.41, 5.74) is 0.0981. The van der Waals surface area contributed by atoms with E-state index in [-0.39, 0.29) is 11.6 Å². The van der Waals surface area contributed by atoms with Gasteiger partial charge in [-0.05, 0) is 31.0 Å². The van der Waals surface area contributed by atoms with Crippen molar-refractivity contribution in [3.63, 3.8) is 0 Å². The van der Waals surface area contributed by atoms with E-state index >= 15 is 0 Å². The minimum atomic E-state index is -4.18. The first-order valence-electron chi connectivity index (χ1n) is 6.51. The van der Waals surface area contributed by atoms with Gasteiger partial charge in [-0.1, -0.05) is 19.3 Å². The molecule has 1 aromatic rings. The number of carbonyl (C=O) groups excluding carboxylic acids is 1. The maximum atomic E-state index is 13.4. The Labute approximate surface area is 117 Å². The number of rotatable bonds is 3. The van der Waals surface area contributed by atoms with E-state index in [0.29, 0.717) is 0 Å². The first kappa shape index (κ1) is 14.9. The molecule has 3 N–H and O–H groups in total. The topological polar surface area (TPSA) is 89.3 Å². The number of amides is 1. The molecule has 0 bridgehead atoms. The fourth-order valence-electron chi connectivity index (χ4n) is 2.38. The maximum Gasteiger partial charge on any atom is 0.251 e. The van der Waals surface area contributed by atoms with Gasteiger partial charge in [0.25, 0.3) is 5.91 Å². The van der Waals surface area contributed by atoms with E-state index in [1.807, 2.05) is 0 Å². The van der Waals surface area contributed by atoms with Gasteiger partial charge < -0.3 is 5.32 Å². The number of halogens is 1. The lowest BCUT2D eigenvalue weighted by atomic mass is 9.95. The van der Waals surface area contributed by atoms with Gasteiger partial charge in [0.2, 0.25) is 10.0 Å². The van der Waals surface area contributed by atoms with Crippen LogP contribution in [-0.2, 0) is 10.0 Å². The van der Waals surface area contributed by atoms with Crippen LogP contribution in [0.1, 0.15) is 42.5 Å². The highest BCUT2D eigenvalue weighted by Gasteiger charge is 2.20. The van der Waals surface area contributed by atoms with E-state index < -0.39 is 26.6 Å². The molecular weight excluding hydrogens is 283 g/mol. The van der Waals surface area contributed by atoms with Crippen LogP contribution < -0.4 is 10.5 Å². The third-order valence-corrected chi connectivity index (χ3v) is 4.37. The van der Waals surface area contributed by atoms with Gasteiger partial charge in [0.05, 0.1) is 0 Å². The molecule has 0 unspecified atom stereocenters. The van der Waals surface area contributed by atoms with Crippen molar-refractivity contribution < 1.29 is 17.6 Å². The summed E-state index contributed by atoms with van der Waals surface area (Å²) in [4.78, 5) is 11.4. The number of nitrogens with one attached hydrogen (secondary N) is 1. The largest absolute Gasteiger partial charge is 0.349 e. The predicted molar refractivity (Wildman–Crippen MR) is 72.1 cm³/mol. The second-order valence-electron chi connectivity index (χ2n) is 5.00. The molecule has 0 aromatic heterocycles. The summed E-state index contributed by atoms with van der Waals surface area (Å²) >= 11 is 0. The number of carbonyl (C=O) groups is 1. The zero-order chi connectivity index (χ0) is 14.8. The average Bonchev–Trinajstić information content (AvgIpc) is 2.39. The number of sulfonamides is 1. The number of hydrogen-bond acceptors (Lipinski definition) is 3. The fourth-order valence-corrected chi connectivity index (χ4v) is 3.01. The van der Waals surface area contributed by atoms with Crippen molar-refractivity contribution >= 4 is 15.9 Å². The van der Waals surface area contributed by atoms with E-state index in [9.17, 15) is 17.6 Å². The molecule has 1 aliphatic rings. The molecule has 110 valence electrons. The van der Waals surface area contributed by atoms with Crippen LogP contribution in [0.25, 0.3) is 0 Å². The molecule has 0 atom stereocenters. The van der Waals surface area contributed by atoms with Gasteiger partial charge in [-0.15, -0.1) is 0 Å². The van der Waals surface area contributed by atoms with E-state index in [2.05, 4.69) is 5.32 Å². The lowest BCUT2D eigenvalue weighted by molar-refractivity contribution is 0.0927. The van der Waals surface area contributed by atoms with E-state index in [1.165, 1.54) is 12.5 Å². The van der Waals surface area contributed by atoms with Crippen molar-refractivity contribution in [2.75, 3.05) is 0 Å². The normalized spacial score (nSPS) is 16.9. The summed E-state index contributed by atoms with van der Waals surface area (Å²) in [7, 11) is -4.18. The van der Waals surface area contributed by atoms with Crippen molar-refractivity contribution in [3.05, 3.63) is 29.6 Å². The first-order chi connectivity index (χ1) is 9.38. The minimum absolute atomic E-state index is 0.0965. The molecule has 0 heterocycles. The third-order valence-electron chi connectivity index (χ3n) is 3.44. The van der Waals surface area contributed by atoms with Crippen LogP contribution in [0.3, 0.4) is 0 Å². The number of nitrogens with two attached hydrogens (primary N) is 1. The van der Waals surface area contributed by atoms with Gasteiger partial charge >= 0.3 is 0 Å². The highest BCUT2D eigenvalue weighted by atomic mass is 32.2. The molecule has 2 rings (SSSR count). The van der Waals surface area contributed by atoms with Crippen molar-refractivity contribution in [2.24, 2.45) is 5.14 Å². The van der Waals surface area contributed by atoms with Crippen molar-refractivity contribution in [3.8, 4) is 0 Å². The molecule has 1 aromatic carbocycles. The van der Waals surface area contributed by atoms with E-state index in [1.54, 1.807) is 0 Å². The van der Waals surface area contributed by atoms with Gasteiger partial charge in [-0.3, -0.25) is 4.79 Å². The Bertz CT molecular complexity index is 610. The van der Waals surface area contributed by atoms with Crippen molar-refractivity contribution in [1.82, 2.24) is 5.32 Å².